The monoisotopic (exact) mass is 456 g/mol. The maximum Gasteiger partial charge on any atom is 0.227 e. The fourth-order valence-electron chi connectivity index (χ4n) is 3.70. The largest absolute Gasteiger partial charge is 0.324 e. The number of benzene rings is 1. The molecule has 3 aromatic rings. The second-order valence-corrected chi connectivity index (χ2v) is 9.79. The second-order valence-electron chi connectivity index (χ2n) is 7.32. The standard InChI is InChI=1S/C22H25BrN4S/c1-2-16-9-12-27(13-10-16)15-17-4-3-5-18(14-17)25-22-24-11-8-19(26-22)20-6-7-21(23)28-20/h3-8,11,14,16H,2,9-10,12-13,15H2,1H3,(H,24,25,26). The zero-order valence-electron chi connectivity index (χ0n) is 16.1. The predicted octanol–water partition coefficient (Wildman–Crippen LogP) is 6.33. The van der Waals surface area contributed by atoms with Crippen LogP contribution in [0.2, 0.25) is 0 Å². The van der Waals surface area contributed by atoms with Crippen LogP contribution in [0.4, 0.5) is 11.6 Å². The highest BCUT2D eigenvalue weighted by molar-refractivity contribution is 9.11. The van der Waals surface area contributed by atoms with E-state index in [1.165, 1.54) is 37.9 Å². The Morgan fingerprint density at radius 1 is 1.18 bits per heavy atom. The highest BCUT2D eigenvalue weighted by Gasteiger charge is 2.17. The molecule has 0 radical (unpaired) electrons. The van der Waals surface area contributed by atoms with Gasteiger partial charge in [0.25, 0.3) is 0 Å². The van der Waals surface area contributed by atoms with Crippen molar-refractivity contribution in [1.82, 2.24) is 14.9 Å². The van der Waals surface area contributed by atoms with Crippen LogP contribution in [0.5, 0.6) is 0 Å². The van der Waals surface area contributed by atoms with Gasteiger partial charge in [-0.2, -0.15) is 0 Å². The Morgan fingerprint density at radius 3 is 2.79 bits per heavy atom. The molecule has 2 aromatic heterocycles. The summed E-state index contributed by atoms with van der Waals surface area (Å²) in [5.74, 6) is 1.54. The van der Waals surface area contributed by atoms with Gasteiger partial charge in [0.05, 0.1) is 14.4 Å². The summed E-state index contributed by atoms with van der Waals surface area (Å²) >= 11 is 5.19. The van der Waals surface area contributed by atoms with Crippen molar-refractivity contribution >= 4 is 38.9 Å². The van der Waals surface area contributed by atoms with Crippen molar-refractivity contribution in [2.75, 3.05) is 18.4 Å². The average Bonchev–Trinajstić information content (AvgIpc) is 3.16. The molecule has 1 aliphatic heterocycles. The molecule has 3 heterocycles. The van der Waals surface area contributed by atoms with Crippen LogP contribution in [-0.4, -0.2) is 28.0 Å². The Balaban J connectivity index is 1.42. The van der Waals surface area contributed by atoms with Gasteiger partial charge in [-0.3, -0.25) is 4.90 Å². The molecule has 0 saturated carbocycles. The molecule has 4 nitrogen and oxygen atoms in total. The number of thiophene rings is 1. The molecule has 1 N–H and O–H groups in total. The van der Waals surface area contributed by atoms with Crippen LogP contribution in [-0.2, 0) is 6.54 Å². The van der Waals surface area contributed by atoms with Gasteiger partial charge in [0, 0.05) is 18.4 Å². The summed E-state index contributed by atoms with van der Waals surface area (Å²) < 4.78 is 1.10. The van der Waals surface area contributed by atoms with E-state index >= 15 is 0 Å². The number of aromatic nitrogens is 2. The second kappa shape index (κ2) is 9.16. The Kier molecular flexibility index (Phi) is 6.40. The average molecular weight is 457 g/mol. The number of halogens is 1. The van der Waals surface area contributed by atoms with Crippen molar-refractivity contribution in [3.05, 3.63) is 58.0 Å². The lowest BCUT2D eigenvalue weighted by molar-refractivity contribution is 0.175. The number of piperidine rings is 1. The molecule has 1 fully saturated rings. The molecule has 1 aliphatic rings. The van der Waals surface area contributed by atoms with E-state index in [0.29, 0.717) is 5.95 Å². The van der Waals surface area contributed by atoms with E-state index in [2.05, 4.69) is 73.4 Å². The quantitative estimate of drug-likeness (QED) is 0.470. The van der Waals surface area contributed by atoms with E-state index in [0.717, 1.165) is 32.5 Å². The summed E-state index contributed by atoms with van der Waals surface area (Å²) in [7, 11) is 0. The Bertz CT molecular complexity index is 918. The van der Waals surface area contributed by atoms with Crippen molar-refractivity contribution in [2.45, 2.75) is 32.7 Å². The third kappa shape index (κ3) is 4.99. The van der Waals surface area contributed by atoms with Gasteiger partial charge in [-0.15, -0.1) is 11.3 Å². The number of rotatable bonds is 6. The fraction of sp³-hybridized carbons (Fsp3) is 0.364. The van der Waals surface area contributed by atoms with Crippen molar-refractivity contribution in [3.63, 3.8) is 0 Å². The summed E-state index contributed by atoms with van der Waals surface area (Å²) in [4.78, 5) is 12.8. The fourth-order valence-corrected chi connectivity index (χ4v) is 5.05. The first-order valence-corrected chi connectivity index (χ1v) is 11.5. The zero-order chi connectivity index (χ0) is 19.3. The van der Waals surface area contributed by atoms with Crippen LogP contribution in [0.25, 0.3) is 10.6 Å². The molecular formula is C22H25BrN4S. The van der Waals surface area contributed by atoms with Crippen LogP contribution >= 0.6 is 27.3 Å². The van der Waals surface area contributed by atoms with Gasteiger partial charge in [-0.1, -0.05) is 25.5 Å². The summed E-state index contributed by atoms with van der Waals surface area (Å²) in [6.45, 7) is 5.73. The Labute approximate surface area is 179 Å². The lowest BCUT2D eigenvalue weighted by Gasteiger charge is -2.31. The molecular weight excluding hydrogens is 432 g/mol. The van der Waals surface area contributed by atoms with Crippen LogP contribution in [0.3, 0.4) is 0 Å². The summed E-state index contributed by atoms with van der Waals surface area (Å²) in [5, 5.41) is 3.37. The highest BCUT2D eigenvalue weighted by Crippen LogP contribution is 2.30. The maximum atomic E-state index is 4.67. The highest BCUT2D eigenvalue weighted by atomic mass is 79.9. The third-order valence-corrected chi connectivity index (χ3v) is 7.00. The zero-order valence-corrected chi connectivity index (χ0v) is 18.5. The molecule has 28 heavy (non-hydrogen) atoms. The molecule has 0 aliphatic carbocycles. The molecule has 0 spiro atoms. The first-order chi connectivity index (χ1) is 13.7. The molecule has 0 amide bonds. The number of hydrogen-bond donors (Lipinski definition) is 1. The van der Waals surface area contributed by atoms with E-state index in [-0.39, 0.29) is 0 Å². The van der Waals surface area contributed by atoms with E-state index in [1.54, 1.807) is 17.5 Å². The van der Waals surface area contributed by atoms with Gasteiger partial charge in [-0.25, -0.2) is 9.97 Å². The van der Waals surface area contributed by atoms with Gasteiger partial charge < -0.3 is 5.32 Å². The number of likely N-dealkylation sites (tertiary alicyclic amines) is 1. The predicted molar refractivity (Wildman–Crippen MR) is 121 cm³/mol. The van der Waals surface area contributed by atoms with Crippen LogP contribution in [0.15, 0.2) is 52.4 Å². The number of anilines is 2. The van der Waals surface area contributed by atoms with Gasteiger partial charge >= 0.3 is 0 Å². The minimum absolute atomic E-state index is 0.628. The van der Waals surface area contributed by atoms with E-state index in [9.17, 15) is 0 Å². The lowest BCUT2D eigenvalue weighted by atomic mass is 9.94. The molecule has 4 rings (SSSR count). The maximum absolute atomic E-state index is 4.67. The number of nitrogens with zero attached hydrogens (tertiary/aromatic N) is 3. The Morgan fingerprint density at radius 2 is 2.04 bits per heavy atom. The summed E-state index contributed by atoms with van der Waals surface area (Å²) in [6, 6.07) is 14.7. The molecule has 0 bridgehead atoms. The molecule has 1 aromatic carbocycles. The van der Waals surface area contributed by atoms with E-state index in [1.807, 2.05) is 12.1 Å². The van der Waals surface area contributed by atoms with Gasteiger partial charge in [-0.05, 0) is 83.7 Å². The van der Waals surface area contributed by atoms with Crippen molar-refractivity contribution < 1.29 is 0 Å². The molecule has 0 atom stereocenters. The molecule has 146 valence electrons. The molecule has 1 saturated heterocycles. The van der Waals surface area contributed by atoms with E-state index < -0.39 is 0 Å². The topological polar surface area (TPSA) is 41.0 Å². The lowest BCUT2D eigenvalue weighted by Crippen LogP contribution is -2.32. The Hall–Kier alpha value is -1.76. The molecule has 6 heteroatoms. The van der Waals surface area contributed by atoms with Crippen molar-refractivity contribution in [1.29, 1.82) is 0 Å². The van der Waals surface area contributed by atoms with Crippen molar-refractivity contribution in [2.24, 2.45) is 5.92 Å². The molecule has 0 unspecified atom stereocenters. The minimum Gasteiger partial charge on any atom is -0.324 e. The smallest absolute Gasteiger partial charge is 0.227 e. The SMILES string of the molecule is CCC1CCN(Cc2cccc(Nc3nccc(-c4ccc(Br)s4)n3)c2)CC1. The van der Waals surface area contributed by atoms with Crippen LogP contribution in [0, 0.1) is 5.92 Å². The van der Waals surface area contributed by atoms with Crippen LogP contribution in [0.1, 0.15) is 31.7 Å². The number of hydrogen-bond acceptors (Lipinski definition) is 5. The minimum atomic E-state index is 0.628. The first kappa shape index (κ1) is 19.6. The number of nitrogens with one attached hydrogen (secondary N) is 1. The van der Waals surface area contributed by atoms with Crippen LogP contribution < -0.4 is 5.32 Å². The van der Waals surface area contributed by atoms with Gasteiger partial charge in [0.1, 0.15) is 0 Å². The third-order valence-electron chi connectivity index (χ3n) is 5.36. The summed E-state index contributed by atoms with van der Waals surface area (Å²) in [5.41, 5.74) is 3.30. The van der Waals surface area contributed by atoms with E-state index in [4.69, 9.17) is 0 Å². The first-order valence-electron chi connectivity index (χ1n) is 9.86. The summed E-state index contributed by atoms with van der Waals surface area (Å²) in [6.07, 6.45) is 5.77. The normalized spacial score (nSPS) is 15.6. The van der Waals surface area contributed by atoms with Crippen molar-refractivity contribution in [3.8, 4) is 10.6 Å². The van der Waals surface area contributed by atoms with Gasteiger partial charge in [0.15, 0.2) is 0 Å². The van der Waals surface area contributed by atoms with Gasteiger partial charge in [0.2, 0.25) is 5.95 Å².